The van der Waals surface area contributed by atoms with Gasteiger partial charge >= 0.3 is 0 Å². The molecule has 14 rings (SSSR count). The minimum Gasteiger partial charge on any atom is -0.455 e. The highest BCUT2D eigenvalue weighted by molar-refractivity contribution is 6.22. The summed E-state index contributed by atoms with van der Waals surface area (Å²) in [6.45, 7) is 0. The van der Waals surface area contributed by atoms with Gasteiger partial charge in [0.05, 0.1) is 22.2 Å². The number of furan rings is 2. The van der Waals surface area contributed by atoms with Crippen LogP contribution in [0.4, 0.5) is 0 Å². The second kappa shape index (κ2) is 12.9. The largest absolute Gasteiger partial charge is 0.455 e. The number of rotatable bonds is 4. The smallest absolute Gasteiger partial charge is 0.167 e. The van der Waals surface area contributed by atoms with E-state index in [1.807, 2.05) is 66.7 Å². The lowest BCUT2D eigenvalue weighted by Gasteiger charge is -2.11. The predicted molar refractivity (Wildman–Crippen MR) is 258 cm³/mol. The van der Waals surface area contributed by atoms with E-state index in [0.717, 1.165) is 77.0 Å². The van der Waals surface area contributed by atoms with Crippen molar-refractivity contribution in [2.24, 2.45) is 0 Å². The molecule has 0 unspecified atom stereocenters. The van der Waals surface area contributed by atoms with Gasteiger partial charge in [-0.1, -0.05) is 133 Å². The van der Waals surface area contributed by atoms with Crippen LogP contribution in [0.1, 0.15) is 0 Å². The second-order valence-electron chi connectivity index (χ2n) is 16.3. The summed E-state index contributed by atoms with van der Waals surface area (Å²) in [5.74, 6) is 1.61. The molecule has 0 aliphatic carbocycles. The zero-order chi connectivity index (χ0) is 41.2. The molecule has 0 atom stereocenters. The Kier molecular flexibility index (Phi) is 7.02. The van der Waals surface area contributed by atoms with Gasteiger partial charge < -0.3 is 13.4 Å². The van der Waals surface area contributed by atoms with Crippen molar-refractivity contribution in [1.29, 1.82) is 0 Å². The first-order valence-corrected chi connectivity index (χ1v) is 21.2. The Morgan fingerprint density at radius 2 is 0.873 bits per heavy atom. The summed E-state index contributed by atoms with van der Waals surface area (Å²) >= 11 is 0. The van der Waals surface area contributed by atoms with Gasteiger partial charge in [-0.2, -0.15) is 0 Å². The van der Waals surface area contributed by atoms with E-state index in [1.54, 1.807) is 0 Å². The van der Waals surface area contributed by atoms with Crippen LogP contribution >= 0.6 is 0 Å². The van der Waals surface area contributed by atoms with Crippen LogP contribution in [0, 0.1) is 0 Å². The van der Waals surface area contributed by atoms with Crippen molar-refractivity contribution in [2.75, 3.05) is 0 Å². The molecule has 292 valence electrons. The van der Waals surface area contributed by atoms with Crippen LogP contribution < -0.4 is 0 Å². The van der Waals surface area contributed by atoms with Gasteiger partial charge in [0.25, 0.3) is 0 Å². The number of nitrogens with zero attached hydrogens (tertiary/aromatic N) is 4. The number of para-hydroxylation sites is 3. The van der Waals surface area contributed by atoms with Gasteiger partial charge in [0.15, 0.2) is 17.5 Å². The Balaban J connectivity index is 1.00. The Hall–Kier alpha value is -8.61. The summed E-state index contributed by atoms with van der Waals surface area (Å²) < 4.78 is 15.8. The number of benzene rings is 10. The van der Waals surface area contributed by atoms with E-state index in [4.69, 9.17) is 23.8 Å². The molecular weight excluding hydrogens is 773 g/mol. The molecule has 63 heavy (non-hydrogen) atoms. The third-order valence-electron chi connectivity index (χ3n) is 12.8. The van der Waals surface area contributed by atoms with Crippen LogP contribution in [-0.4, -0.2) is 19.5 Å². The molecule has 0 N–H and O–H groups in total. The highest BCUT2D eigenvalue weighted by Crippen LogP contribution is 2.43. The zero-order valence-electron chi connectivity index (χ0n) is 33.6. The molecule has 4 aromatic heterocycles. The van der Waals surface area contributed by atoms with Crippen LogP contribution in [0.15, 0.2) is 203 Å². The van der Waals surface area contributed by atoms with Crippen molar-refractivity contribution in [1.82, 2.24) is 19.5 Å². The molecule has 6 nitrogen and oxygen atoms in total. The summed E-state index contributed by atoms with van der Waals surface area (Å²) in [5.41, 5.74) is 8.97. The highest BCUT2D eigenvalue weighted by Gasteiger charge is 2.22. The van der Waals surface area contributed by atoms with Gasteiger partial charge in [-0.15, -0.1) is 0 Å². The molecule has 0 aliphatic rings. The first-order valence-electron chi connectivity index (χ1n) is 21.2. The van der Waals surface area contributed by atoms with E-state index in [0.29, 0.717) is 17.5 Å². The number of hydrogen-bond acceptors (Lipinski definition) is 5. The van der Waals surface area contributed by atoms with Gasteiger partial charge in [0.1, 0.15) is 22.3 Å². The van der Waals surface area contributed by atoms with E-state index in [2.05, 4.69) is 132 Å². The molecule has 0 radical (unpaired) electrons. The second-order valence-corrected chi connectivity index (χ2v) is 16.3. The third-order valence-corrected chi connectivity index (χ3v) is 12.8. The Bertz CT molecular complexity index is 4120. The molecule has 0 bridgehead atoms. The third kappa shape index (κ3) is 5.09. The van der Waals surface area contributed by atoms with E-state index >= 15 is 0 Å². The molecule has 10 aromatic carbocycles. The number of hydrogen-bond donors (Lipinski definition) is 0. The van der Waals surface area contributed by atoms with Crippen LogP contribution in [-0.2, 0) is 0 Å². The summed E-state index contributed by atoms with van der Waals surface area (Å²) in [4.78, 5) is 15.4. The maximum Gasteiger partial charge on any atom is 0.167 e. The average Bonchev–Trinajstić information content (AvgIpc) is 4.02. The number of aromatic nitrogens is 4. The Labute approximate surface area is 358 Å². The maximum absolute atomic E-state index is 6.89. The van der Waals surface area contributed by atoms with Gasteiger partial charge in [0, 0.05) is 43.6 Å². The van der Waals surface area contributed by atoms with Gasteiger partial charge in [-0.25, -0.2) is 15.0 Å². The van der Waals surface area contributed by atoms with Crippen molar-refractivity contribution < 1.29 is 8.83 Å². The monoisotopic (exact) mass is 804 g/mol. The van der Waals surface area contributed by atoms with E-state index in [-0.39, 0.29) is 0 Å². The molecule has 0 saturated carbocycles. The molecule has 14 aromatic rings. The van der Waals surface area contributed by atoms with Crippen molar-refractivity contribution in [3.8, 4) is 39.9 Å². The van der Waals surface area contributed by atoms with Crippen LogP contribution in [0.3, 0.4) is 0 Å². The Morgan fingerprint density at radius 3 is 1.57 bits per heavy atom. The molecule has 0 amide bonds. The Morgan fingerprint density at radius 1 is 0.333 bits per heavy atom. The first kappa shape index (κ1) is 34.1. The van der Waals surface area contributed by atoms with E-state index < -0.39 is 0 Å². The fourth-order valence-corrected chi connectivity index (χ4v) is 9.84. The zero-order valence-corrected chi connectivity index (χ0v) is 33.6. The molecule has 0 aliphatic heterocycles. The minimum atomic E-state index is 0.520. The average molecular weight is 805 g/mol. The van der Waals surface area contributed by atoms with Crippen molar-refractivity contribution in [3.05, 3.63) is 194 Å². The number of fused-ring (bicyclic) bond motifs is 13. The minimum absolute atomic E-state index is 0.520. The van der Waals surface area contributed by atoms with Crippen LogP contribution in [0.5, 0.6) is 0 Å². The summed E-state index contributed by atoms with van der Waals surface area (Å²) in [6, 6.07) is 68.2. The lowest BCUT2D eigenvalue weighted by atomic mass is 10.0. The molecule has 0 saturated heterocycles. The molecule has 0 fully saturated rings. The molecule has 0 spiro atoms. The molecule has 6 heteroatoms. The molecular formula is C57H32N4O2. The predicted octanol–water partition coefficient (Wildman–Crippen LogP) is 15.2. The summed E-state index contributed by atoms with van der Waals surface area (Å²) in [6.07, 6.45) is 0. The van der Waals surface area contributed by atoms with E-state index in [1.165, 1.54) is 43.4 Å². The fourth-order valence-electron chi connectivity index (χ4n) is 9.84. The van der Waals surface area contributed by atoms with Crippen molar-refractivity contribution >= 4 is 98.0 Å². The first-order chi connectivity index (χ1) is 31.2. The van der Waals surface area contributed by atoms with E-state index in [9.17, 15) is 0 Å². The summed E-state index contributed by atoms with van der Waals surface area (Å²) in [7, 11) is 0. The lowest BCUT2D eigenvalue weighted by molar-refractivity contribution is 0.669. The molecule has 4 heterocycles. The van der Waals surface area contributed by atoms with Gasteiger partial charge in [-0.3, -0.25) is 0 Å². The van der Waals surface area contributed by atoms with Crippen molar-refractivity contribution in [3.63, 3.8) is 0 Å². The normalized spacial score (nSPS) is 12.1. The fraction of sp³-hybridized carbons (Fsp3) is 0. The summed E-state index contributed by atoms with van der Waals surface area (Å²) in [5, 5.41) is 13.7. The topological polar surface area (TPSA) is 69.9 Å². The van der Waals surface area contributed by atoms with Gasteiger partial charge in [-0.05, 0) is 93.0 Å². The van der Waals surface area contributed by atoms with Crippen LogP contribution in [0.2, 0.25) is 0 Å². The SMILES string of the molecule is c1ccc(-c2nc(-c3cccc4c3oc3ccccc34)nc(-c3cccc4c3oc3ccc5ccc(-n6c7cc8ccccc8cc7c7cc8ccccc8cc76)cc5c34)n2)cc1. The van der Waals surface area contributed by atoms with Crippen LogP contribution in [0.25, 0.3) is 138 Å². The van der Waals surface area contributed by atoms with Gasteiger partial charge in [0.2, 0.25) is 0 Å². The quantitative estimate of drug-likeness (QED) is 0.177. The standard InChI is InChI=1S/C57H32N4O2/c1-2-12-34(13-3-1)55-58-56(43-21-10-19-41-40-18-8-9-23-50(40)62-53(41)43)60-57(59-55)44-22-11-20-42-52-45-32-39(26-24-33(45)25-27-51(52)63-54(42)44)61-48-30-37-16-6-4-14-35(37)28-46(48)47-29-36-15-5-7-17-38(36)31-49(47)61/h1-32H. The lowest BCUT2D eigenvalue weighted by Crippen LogP contribution is -2.00. The van der Waals surface area contributed by atoms with Crippen molar-refractivity contribution in [2.45, 2.75) is 0 Å². The highest BCUT2D eigenvalue weighted by atomic mass is 16.3. The maximum atomic E-state index is 6.89.